The predicted octanol–water partition coefficient (Wildman–Crippen LogP) is 9.22. The Morgan fingerprint density at radius 1 is 0.714 bits per heavy atom. The summed E-state index contributed by atoms with van der Waals surface area (Å²) in [5.41, 5.74) is 2.74. The molecular weight excluding hydrogens is 252 g/mol. The number of hydrogen-bond donors (Lipinski definition) is 0. The third-order valence-corrected chi connectivity index (χ3v) is 1.77. The summed E-state index contributed by atoms with van der Waals surface area (Å²) in [6.45, 7) is 30.7. The van der Waals surface area contributed by atoms with Gasteiger partial charge in [0.15, 0.2) is 0 Å². The molecule has 0 spiro atoms. The molecule has 0 amide bonds. The van der Waals surface area contributed by atoms with Crippen LogP contribution in [0.1, 0.15) is 116 Å². The summed E-state index contributed by atoms with van der Waals surface area (Å²) in [6, 6.07) is 0. The Hall–Kier alpha value is -0.520. The molecule has 0 aliphatic rings. The van der Waals surface area contributed by atoms with Crippen LogP contribution in [0, 0.1) is 0 Å². The zero-order chi connectivity index (χ0) is 18.7. The zero-order valence-electron chi connectivity index (χ0n) is 18.1. The molecule has 0 heterocycles. The van der Waals surface area contributed by atoms with Gasteiger partial charge in [0.05, 0.1) is 0 Å². The lowest BCUT2D eigenvalue weighted by Crippen LogP contribution is -1.76. The zero-order valence-corrected chi connectivity index (χ0v) is 18.1. The molecule has 0 aliphatic carbocycles. The van der Waals surface area contributed by atoms with E-state index >= 15 is 0 Å². The summed E-state index contributed by atoms with van der Waals surface area (Å²) in [5, 5.41) is 0. The van der Waals surface area contributed by atoms with E-state index in [1.165, 1.54) is 30.4 Å². The van der Waals surface area contributed by atoms with E-state index in [2.05, 4.69) is 55.0 Å². The smallest absolute Gasteiger partial charge is 0.0308 e. The van der Waals surface area contributed by atoms with Crippen molar-refractivity contribution >= 4 is 0 Å². The van der Waals surface area contributed by atoms with Gasteiger partial charge in [-0.1, -0.05) is 119 Å². The van der Waals surface area contributed by atoms with E-state index in [1.54, 1.807) is 0 Å². The lowest BCUT2D eigenvalue weighted by Gasteiger charge is -1.96. The highest BCUT2D eigenvalue weighted by Crippen LogP contribution is 2.06. The normalized spacial score (nSPS) is 6.33. The SMILES string of the molecule is C=CC(CC)=C(C)C.CC.CC.CC.CCC.CCCC. The van der Waals surface area contributed by atoms with Crippen LogP contribution in [0.4, 0.5) is 0 Å². The van der Waals surface area contributed by atoms with E-state index < -0.39 is 0 Å². The van der Waals surface area contributed by atoms with E-state index in [-0.39, 0.29) is 0 Å². The van der Waals surface area contributed by atoms with Crippen molar-refractivity contribution in [1.29, 1.82) is 0 Å². The molecule has 0 fully saturated rings. The van der Waals surface area contributed by atoms with Crippen LogP contribution >= 0.6 is 0 Å². The molecule has 0 aliphatic heterocycles. The standard InChI is InChI=1S/C8H14.C4H10.C3H8.3C2H6/c1-5-8(6-2)7(3)4;1-3-4-2;1-3-2;3*1-2/h5H,1,6H2,2-4H3;3-4H2,1-2H3;3H2,1-2H3;3*1-2H3. The summed E-state index contributed by atoms with van der Waals surface area (Å²) in [5.74, 6) is 0. The second-order valence-corrected chi connectivity index (χ2v) is 3.79. The summed E-state index contributed by atoms with van der Waals surface area (Å²) in [7, 11) is 0. The molecule has 0 aromatic heterocycles. The van der Waals surface area contributed by atoms with Crippen LogP contribution in [-0.4, -0.2) is 0 Å². The van der Waals surface area contributed by atoms with Gasteiger partial charge in [-0.05, 0) is 20.3 Å². The minimum atomic E-state index is 1.10. The molecule has 0 bridgehead atoms. The van der Waals surface area contributed by atoms with Crippen molar-refractivity contribution < 1.29 is 0 Å². The molecule has 0 rings (SSSR count). The van der Waals surface area contributed by atoms with E-state index in [4.69, 9.17) is 0 Å². The topological polar surface area (TPSA) is 0 Å². The highest BCUT2D eigenvalue weighted by Gasteiger charge is 1.86. The molecule has 0 aromatic rings. The van der Waals surface area contributed by atoms with Gasteiger partial charge >= 0.3 is 0 Å². The summed E-state index contributed by atoms with van der Waals surface area (Å²) < 4.78 is 0. The van der Waals surface area contributed by atoms with E-state index in [1.807, 2.05) is 47.6 Å². The van der Waals surface area contributed by atoms with E-state index in [0.717, 1.165) is 6.42 Å². The first-order valence-electron chi connectivity index (χ1n) is 9.34. The molecule has 0 saturated heterocycles. The highest BCUT2D eigenvalue weighted by molar-refractivity contribution is 5.20. The molecule has 0 saturated carbocycles. The first kappa shape index (κ1) is 37.1. The third kappa shape index (κ3) is 82.8. The molecule has 21 heavy (non-hydrogen) atoms. The number of unbranched alkanes of at least 4 members (excludes halogenated alkanes) is 1. The lowest BCUT2D eigenvalue weighted by molar-refractivity contribution is 0.886. The molecular formula is C21H50. The van der Waals surface area contributed by atoms with Crippen LogP contribution < -0.4 is 0 Å². The van der Waals surface area contributed by atoms with Gasteiger partial charge in [0.1, 0.15) is 0 Å². The van der Waals surface area contributed by atoms with E-state index in [0.29, 0.717) is 0 Å². The second-order valence-electron chi connectivity index (χ2n) is 3.79. The fourth-order valence-corrected chi connectivity index (χ4v) is 0.702. The van der Waals surface area contributed by atoms with Crippen molar-refractivity contribution in [2.75, 3.05) is 0 Å². The number of allylic oxidation sites excluding steroid dienone is 3. The largest absolute Gasteiger partial charge is 0.0988 e. The first-order valence-corrected chi connectivity index (χ1v) is 9.34. The molecule has 0 radical (unpaired) electrons. The van der Waals surface area contributed by atoms with Crippen molar-refractivity contribution in [3.8, 4) is 0 Å². The molecule has 0 aromatic carbocycles. The van der Waals surface area contributed by atoms with Crippen molar-refractivity contribution in [3.63, 3.8) is 0 Å². The summed E-state index contributed by atoms with van der Waals surface area (Å²) in [4.78, 5) is 0. The minimum Gasteiger partial charge on any atom is -0.0988 e. The molecule has 134 valence electrons. The Balaban J connectivity index is -0.0000000369. The summed E-state index contributed by atoms with van der Waals surface area (Å²) in [6.07, 6.45) is 6.92. The van der Waals surface area contributed by atoms with Crippen molar-refractivity contribution in [2.45, 2.75) is 116 Å². The number of hydrogen-bond acceptors (Lipinski definition) is 0. The van der Waals surface area contributed by atoms with E-state index in [9.17, 15) is 0 Å². The minimum absolute atomic E-state index is 1.10. The van der Waals surface area contributed by atoms with Crippen molar-refractivity contribution in [3.05, 3.63) is 23.8 Å². The predicted molar refractivity (Wildman–Crippen MR) is 109 cm³/mol. The Morgan fingerprint density at radius 2 is 0.952 bits per heavy atom. The molecule has 0 heteroatoms. The van der Waals surface area contributed by atoms with Gasteiger partial charge in [-0.3, -0.25) is 0 Å². The Morgan fingerprint density at radius 3 is 0.952 bits per heavy atom. The molecule has 0 nitrogen and oxygen atoms in total. The van der Waals surface area contributed by atoms with Crippen LogP contribution in [0.2, 0.25) is 0 Å². The van der Waals surface area contributed by atoms with Crippen LogP contribution in [-0.2, 0) is 0 Å². The van der Waals surface area contributed by atoms with Gasteiger partial charge in [0.25, 0.3) is 0 Å². The van der Waals surface area contributed by atoms with Gasteiger partial charge in [-0.2, -0.15) is 0 Å². The first-order chi connectivity index (χ1) is 10.0. The fraction of sp³-hybridized carbons (Fsp3) is 0.810. The maximum Gasteiger partial charge on any atom is -0.0308 e. The van der Waals surface area contributed by atoms with Crippen LogP contribution in [0.3, 0.4) is 0 Å². The highest BCUT2D eigenvalue weighted by atomic mass is 13.9. The van der Waals surface area contributed by atoms with Crippen molar-refractivity contribution in [2.24, 2.45) is 0 Å². The molecule has 0 atom stereocenters. The second kappa shape index (κ2) is 60.6. The Kier molecular flexibility index (Phi) is 107. The quantitative estimate of drug-likeness (QED) is 0.456. The van der Waals surface area contributed by atoms with Gasteiger partial charge in [-0.15, -0.1) is 0 Å². The van der Waals surface area contributed by atoms with Crippen LogP contribution in [0.5, 0.6) is 0 Å². The van der Waals surface area contributed by atoms with Gasteiger partial charge < -0.3 is 0 Å². The van der Waals surface area contributed by atoms with Crippen LogP contribution in [0.15, 0.2) is 23.8 Å². The Bertz CT molecular complexity index is 134. The lowest BCUT2D eigenvalue weighted by atomic mass is 10.1. The maximum atomic E-state index is 3.70. The van der Waals surface area contributed by atoms with Gasteiger partial charge in [0.2, 0.25) is 0 Å². The fourth-order valence-electron chi connectivity index (χ4n) is 0.702. The summed E-state index contributed by atoms with van der Waals surface area (Å²) >= 11 is 0. The monoisotopic (exact) mass is 302 g/mol. The van der Waals surface area contributed by atoms with Crippen molar-refractivity contribution in [1.82, 2.24) is 0 Å². The average molecular weight is 303 g/mol. The number of rotatable bonds is 3. The Labute approximate surface area is 140 Å². The van der Waals surface area contributed by atoms with Gasteiger partial charge in [-0.25, -0.2) is 0 Å². The van der Waals surface area contributed by atoms with Gasteiger partial charge in [0, 0.05) is 0 Å². The van der Waals surface area contributed by atoms with Crippen LogP contribution in [0.25, 0.3) is 0 Å². The maximum absolute atomic E-state index is 3.70. The molecule has 0 unspecified atom stereocenters. The third-order valence-electron chi connectivity index (χ3n) is 1.77. The molecule has 0 N–H and O–H groups in total. The average Bonchev–Trinajstić information content (AvgIpc) is 2.55.